The van der Waals surface area contributed by atoms with E-state index < -0.39 is 11.9 Å². The van der Waals surface area contributed by atoms with Gasteiger partial charge in [-0.15, -0.1) is 0 Å². The summed E-state index contributed by atoms with van der Waals surface area (Å²) in [4.78, 5) is 11.5. The number of benzene rings is 2. The molecule has 0 heterocycles. The molecule has 98 valence electrons. The molecular weight excluding hydrogens is 260 g/mol. The van der Waals surface area contributed by atoms with E-state index >= 15 is 0 Å². The quantitative estimate of drug-likeness (QED) is 0.913. The highest BCUT2D eigenvalue weighted by atomic mass is 35.5. The van der Waals surface area contributed by atoms with Gasteiger partial charge in [-0.05, 0) is 42.2 Å². The average molecular weight is 275 g/mol. The molecule has 0 saturated heterocycles. The first kappa shape index (κ1) is 13.6. The van der Waals surface area contributed by atoms with E-state index in [1.165, 1.54) is 0 Å². The van der Waals surface area contributed by atoms with Crippen molar-refractivity contribution in [3.63, 3.8) is 0 Å². The minimum atomic E-state index is -0.814. The van der Waals surface area contributed by atoms with Gasteiger partial charge in [0.15, 0.2) is 0 Å². The van der Waals surface area contributed by atoms with E-state index in [1.54, 1.807) is 24.3 Å². The van der Waals surface area contributed by atoms with Crippen LogP contribution in [-0.2, 0) is 11.2 Å². The molecule has 1 unspecified atom stereocenters. The van der Waals surface area contributed by atoms with Crippen LogP contribution in [0.4, 0.5) is 0 Å². The lowest BCUT2D eigenvalue weighted by Gasteiger charge is -2.14. The Kier molecular flexibility index (Phi) is 4.23. The minimum absolute atomic E-state index is 0.490. The predicted molar refractivity (Wildman–Crippen MR) is 76.7 cm³/mol. The standard InChI is InChI=1S/C16H15ClO2/c1-11-4-2-3-5-13(11)10-15(16(18)19)12-6-8-14(17)9-7-12/h2-9,15H,10H2,1H3,(H,18,19). The van der Waals surface area contributed by atoms with Crippen LogP contribution in [0.15, 0.2) is 48.5 Å². The number of halogens is 1. The van der Waals surface area contributed by atoms with Crippen molar-refractivity contribution in [2.45, 2.75) is 19.3 Å². The van der Waals surface area contributed by atoms with Crippen molar-refractivity contribution in [1.82, 2.24) is 0 Å². The van der Waals surface area contributed by atoms with E-state index in [-0.39, 0.29) is 0 Å². The van der Waals surface area contributed by atoms with Gasteiger partial charge in [-0.3, -0.25) is 4.79 Å². The van der Waals surface area contributed by atoms with Crippen molar-refractivity contribution in [2.24, 2.45) is 0 Å². The number of carboxylic acids is 1. The predicted octanol–water partition coefficient (Wildman–Crippen LogP) is 4.06. The Hall–Kier alpha value is -1.80. The second-order valence-electron chi connectivity index (χ2n) is 4.57. The molecule has 0 amide bonds. The highest BCUT2D eigenvalue weighted by Gasteiger charge is 2.20. The summed E-state index contributed by atoms with van der Waals surface area (Å²) in [7, 11) is 0. The molecule has 2 nitrogen and oxygen atoms in total. The topological polar surface area (TPSA) is 37.3 Å². The van der Waals surface area contributed by atoms with Gasteiger partial charge in [0.1, 0.15) is 0 Å². The molecule has 2 aromatic carbocycles. The van der Waals surface area contributed by atoms with Gasteiger partial charge in [0.25, 0.3) is 0 Å². The fourth-order valence-electron chi connectivity index (χ4n) is 2.10. The van der Waals surface area contributed by atoms with Crippen LogP contribution in [-0.4, -0.2) is 11.1 Å². The monoisotopic (exact) mass is 274 g/mol. The lowest BCUT2D eigenvalue weighted by molar-refractivity contribution is -0.138. The van der Waals surface area contributed by atoms with Gasteiger partial charge in [0.2, 0.25) is 0 Å². The van der Waals surface area contributed by atoms with Crippen LogP contribution in [0.1, 0.15) is 22.6 Å². The Morgan fingerprint density at radius 2 is 1.79 bits per heavy atom. The lowest BCUT2D eigenvalue weighted by atomic mass is 9.90. The van der Waals surface area contributed by atoms with Gasteiger partial charge in [-0.1, -0.05) is 48.0 Å². The summed E-state index contributed by atoms with van der Waals surface area (Å²) in [6, 6.07) is 14.9. The normalized spacial score (nSPS) is 12.1. The Morgan fingerprint density at radius 1 is 1.16 bits per heavy atom. The zero-order valence-electron chi connectivity index (χ0n) is 10.6. The first-order valence-corrected chi connectivity index (χ1v) is 6.48. The first-order valence-electron chi connectivity index (χ1n) is 6.10. The smallest absolute Gasteiger partial charge is 0.311 e. The summed E-state index contributed by atoms with van der Waals surface area (Å²) < 4.78 is 0. The summed E-state index contributed by atoms with van der Waals surface area (Å²) in [5, 5.41) is 10.0. The SMILES string of the molecule is Cc1ccccc1CC(C(=O)O)c1ccc(Cl)cc1. The van der Waals surface area contributed by atoms with E-state index in [0.29, 0.717) is 11.4 Å². The molecule has 0 aliphatic carbocycles. The number of carboxylic acid groups (broad SMARTS) is 1. The van der Waals surface area contributed by atoms with Crippen LogP contribution in [0, 0.1) is 6.92 Å². The average Bonchev–Trinajstić information content (AvgIpc) is 2.39. The Labute approximate surface area is 117 Å². The molecule has 1 N–H and O–H groups in total. The molecule has 2 rings (SSSR count). The van der Waals surface area contributed by atoms with Crippen molar-refractivity contribution < 1.29 is 9.90 Å². The molecule has 2 aromatic rings. The van der Waals surface area contributed by atoms with Gasteiger partial charge in [0, 0.05) is 5.02 Å². The molecule has 0 aliphatic rings. The molecule has 0 aromatic heterocycles. The van der Waals surface area contributed by atoms with Crippen molar-refractivity contribution in [3.05, 3.63) is 70.2 Å². The Bertz CT molecular complexity index is 576. The maximum atomic E-state index is 11.5. The van der Waals surface area contributed by atoms with Crippen LogP contribution in [0.2, 0.25) is 5.02 Å². The molecule has 0 fully saturated rings. The van der Waals surface area contributed by atoms with Gasteiger partial charge in [-0.2, -0.15) is 0 Å². The molecular formula is C16H15ClO2. The molecule has 0 spiro atoms. The number of hydrogen-bond acceptors (Lipinski definition) is 1. The number of rotatable bonds is 4. The summed E-state index contributed by atoms with van der Waals surface area (Å²) in [5.41, 5.74) is 2.95. The fourth-order valence-corrected chi connectivity index (χ4v) is 2.23. The minimum Gasteiger partial charge on any atom is -0.481 e. The van der Waals surface area contributed by atoms with Gasteiger partial charge in [0.05, 0.1) is 5.92 Å². The van der Waals surface area contributed by atoms with Crippen molar-refractivity contribution >= 4 is 17.6 Å². The number of carbonyl (C=O) groups is 1. The molecule has 0 bridgehead atoms. The van der Waals surface area contributed by atoms with E-state index in [0.717, 1.165) is 16.7 Å². The van der Waals surface area contributed by atoms with E-state index in [1.807, 2.05) is 31.2 Å². The van der Waals surface area contributed by atoms with Gasteiger partial charge >= 0.3 is 5.97 Å². The maximum absolute atomic E-state index is 11.5. The molecule has 0 radical (unpaired) electrons. The summed E-state index contributed by atoms with van der Waals surface area (Å²) in [5.74, 6) is -1.36. The first-order chi connectivity index (χ1) is 9.08. The summed E-state index contributed by atoms with van der Waals surface area (Å²) in [6.07, 6.45) is 0.490. The maximum Gasteiger partial charge on any atom is 0.311 e. The van der Waals surface area contributed by atoms with Gasteiger partial charge < -0.3 is 5.11 Å². The molecule has 1 atom stereocenters. The van der Waals surface area contributed by atoms with E-state index in [4.69, 9.17) is 11.6 Å². The van der Waals surface area contributed by atoms with Crippen molar-refractivity contribution in [2.75, 3.05) is 0 Å². The largest absolute Gasteiger partial charge is 0.481 e. The van der Waals surface area contributed by atoms with Crippen LogP contribution in [0.25, 0.3) is 0 Å². The Morgan fingerprint density at radius 3 is 2.37 bits per heavy atom. The highest BCUT2D eigenvalue weighted by Crippen LogP contribution is 2.24. The van der Waals surface area contributed by atoms with Crippen LogP contribution in [0.5, 0.6) is 0 Å². The number of aliphatic carboxylic acids is 1. The zero-order chi connectivity index (χ0) is 13.8. The molecule has 19 heavy (non-hydrogen) atoms. The highest BCUT2D eigenvalue weighted by molar-refractivity contribution is 6.30. The third-order valence-corrected chi connectivity index (χ3v) is 3.51. The Balaban J connectivity index is 2.29. The van der Waals surface area contributed by atoms with Crippen LogP contribution in [0.3, 0.4) is 0 Å². The second-order valence-corrected chi connectivity index (χ2v) is 5.01. The fraction of sp³-hybridized carbons (Fsp3) is 0.188. The number of hydrogen-bond donors (Lipinski definition) is 1. The lowest BCUT2D eigenvalue weighted by Crippen LogP contribution is -2.15. The molecule has 0 aliphatic heterocycles. The summed E-state index contributed by atoms with van der Waals surface area (Å²) >= 11 is 5.83. The molecule has 0 saturated carbocycles. The van der Waals surface area contributed by atoms with Crippen LogP contribution >= 0.6 is 11.6 Å². The second kappa shape index (κ2) is 5.89. The van der Waals surface area contributed by atoms with E-state index in [2.05, 4.69) is 0 Å². The summed E-state index contributed by atoms with van der Waals surface area (Å²) in [6.45, 7) is 2.00. The zero-order valence-corrected chi connectivity index (χ0v) is 11.4. The van der Waals surface area contributed by atoms with Gasteiger partial charge in [-0.25, -0.2) is 0 Å². The van der Waals surface area contributed by atoms with Crippen LogP contribution < -0.4 is 0 Å². The third-order valence-electron chi connectivity index (χ3n) is 3.26. The number of aryl methyl sites for hydroxylation is 1. The van der Waals surface area contributed by atoms with Crippen molar-refractivity contribution in [3.8, 4) is 0 Å². The van der Waals surface area contributed by atoms with E-state index in [9.17, 15) is 9.90 Å². The molecule has 3 heteroatoms. The third kappa shape index (κ3) is 3.36. The van der Waals surface area contributed by atoms with Crippen molar-refractivity contribution in [1.29, 1.82) is 0 Å².